The van der Waals surface area contributed by atoms with Gasteiger partial charge in [0, 0.05) is 45.1 Å². The number of nitrogens with one attached hydrogen (secondary N) is 1. The van der Waals surface area contributed by atoms with Crippen LogP contribution >= 0.6 is 24.0 Å². The van der Waals surface area contributed by atoms with Gasteiger partial charge in [0.2, 0.25) is 0 Å². The van der Waals surface area contributed by atoms with E-state index in [1.807, 2.05) is 6.92 Å². The molecule has 9 nitrogen and oxygen atoms in total. The summed E-state index contributed by atoms with van der Waals surface area (Å²) in [5, 5.41) is 11.9. The average Bonchev–Trinajstić information content (AvgIpc) is 2.89. The van der Waals surface area contributed by atoms with Gasteiger partial charge in [-0.1, -0.05) is 6.42 Å². The Labute approximate surface area is 183 Å². The Morgan fingerprint density at radius 2 is 2.04 bits per heavy atom. The van der Waals surface area contributed by atoms with Crippen LogP contribution in [0.3, 0.4) is 0 Å². The standard InChI is InChI=1S/C18H31N7O2.HI/c1-2-27-18(26)24-12-8-14(9-13-24)21-17(19)20-10-7-16-23-22-15-6-4-3-5-11-25(15)16;/h14H,2-13H2,1H3,(H3,19,20,21);1H. The summed E-state index contributed by atoms with van der Waals surface area (Å²) in [5.74, 6) is 2.57. The Balaban J connectivity index is 0.00000280. The third-order valence-corrected chi connectivity index (χ3v) is 5.18. The van der Waals surface area contributed by atoms with Gasteiger partial charge in [-0.25, -0.2) is 4.79 Å². The van der Waals surface area contributed by atoms with E-state index in [9.17, 15) is 4.79 Å². The molecule has 28 heavy (non-hydrogen) atoms. The van der Waals surface area contributed by atoms with Crippen LogP contribution in [0.5, 0.6) is 0 Å². The Kier molecular flexibility index (Phi) is 9.26. The molecule has 3 N–H and O–H groups in total. The number of likely N-dealkylation sites (tertiary alicyclic amines) is 1. The van der Waals surface area contributed by atoms with E-state index >= 15 is 0 Å². The fourth-order valence-electron chi connectivity index (χ4n) is 3.68. The third kappa shape index (κ3) is 6.21. The maximum Gasteiger partial charge on any atom is 0.409 e. The molecule has 1 fully saturated rings. The molecule has 10 heteroatoms. The van der Waals surface area contributed by atoms with Gasteiger partial charge in [0.05, 0.1) is 6.61 Å². The molecule has 2 aliphatic heterocycles. The van der Waals surface area contributed by atoms with Crippen LogP contribution in [0.15, 0.2) is 4.99 Å². The monoisotopic (exact) mass is 505 g/mol. The van der Waals surface area contributed by atoms with Crippen LogP contribution in [0.1, 0.15) is 50.7 Å². The number of hydrogen-bond donors (Lipinski definition) is 2. The number of rotatable bonds is 5. The van der Waals surface area contributed by atoms with Crippen LogP contribution in [-0.4, -0.2) is 64.0 Å². The highest BCUT2D eigenvalue weighted by molar-refractivity contribution is 14.0. The first kappa shape index (κ1) is 22.7. The van der Waals surface area contributed by atoms with Crippen LogP contribution in [0.25, 0.3) is 0 Å². The van der Waals surface area contributed by atoms with Crippen molar-refractivity contribution < 1.29 is 9.53 Å². The maximum atomic E-state index is 11.7. The number of nitrogens with two attached hydrogens (primary N) is 1. The molecule has 0 radical (unpaired) electrons. The SMILES string of the molecule is CCOC(=O)N1CCC(NC(N)=NCCc2nnc3n2CCCCC3)CC1.I. The first-order valence-corrected chi connectivity index (χ1v) is 10.1. The van der Waals surface area contributed by atoms with Crippen LogP contribution in [0.4, 0.5) is 4.79 Å². The first-order chi connectivity index (χ1) is 13.2. The van der Waals surface area contributed by atoms with E-state index in [1.54, 1.807) is 4.90 Å². The second-order valence-electron chi connectivity index (χ2n) is 7.12. The van der Waals surface area contributed by atoms with E-state index in [4.69, 9.17) is 10.5 Å². The number of amides is 1. The summed E-state index contributed by atoms with van der Waals surface area (Å²) in [4.78, 5) is 17.9. The molecular weight excluding hydrogens is 473 g/mol. The zero-order valence-corrected chi connectivity index (χ0v) is 18.9. The molecule has 2 aliphatic rings. The minimum Gasteiger partial charge on any atom is -0.450 e. The zero-order valence-electron chi connectivity index (χ0n) is 16.6. The van der Waals surface area contributed by atoms with E-state index in [1.165, 1.54) is 19.3 Å². The van der Waals surface area contributed by atoms with Gasteiger partial charge in [-0.3, -0.25) is 4.99 Å². The number of nitrogens with zero attached hydrogens (tertiary/aromatic N) is 5. The summed E-state index contributed by atoms with van der Waals surface area (Å²) in [7, 11) is 0. The lowest BCUT2D eigenvalue weighted by atomic mass is 10.1. The molecule has 0 aromatic carbocycles. The largest absolute Gasteiger partial charge is 0.450 e. The summed E-state index contributed by atoms with van der Waals surface area (Å²) in [6.07, 6.45) is 6.86. The van der Waals surface area contributed by atoms with Crippen molar-refractivity contribution in [2.75, 3.05) is 26.2 Å². The van der Waals surface area contributed by atoms with Crippen LogP contribution < -0.4 is 11.1 Å². The van der Waals surface area contributed by atoms with Crippen LogP contribution in [0.2, 0.25) is 0 Å². The molecule has 158 valence electrons. The fraction of sp³-hybridized carbons (Fsp3) is 0.778. The summed E-state index contributed by atoms with van der Waals surface area (Å²) >= 11 is 0. The van der Waals surface area contributed by atoms with Crippen LogP contribution in [0, 0.1) is 0 Å². The van der Waals surface area contributed by atoms with Crippen molar-refractivity contribution >= 4 is 36.0 Å². The van der Waals surface area contributed by atoms with Gasteiger partial charge in [0.1, 0.15) is 11.6 Å². The van der Waals surface area contributed by atoms with Crippen molar-refractivity contribution in [3.63, 3.8) is 0 Å². The lowest BCUT2D eigenvalue weighted by molar-refractivity contribution is 0.0963. The number of halogens is 1. The molecule has 0 bridgehead atoms. The molecule has 0 atom stereocenters. The lowest BCUT2D eigenvalue weighted by Crippen LogP contribution is -2.48. The molecule has 0 saturated carbocycles. The minimum atomic E-state index is -0.231. The molecule has 1 saturated heterocycles. The van der Waals surface area contributed by atoms with Gasteiger partial charge in [-0.2, -0.15) is 0 Å². The number of fused-ring (bicyclic) bond motifs is 1. The zero-order chi connectivity index (χ0) is 19.1. The van der Waals surface area contributed by atoms with Crippen molar-refractivity contribution in [2.24, 2.45) is 10.7 Å². The van der Waals surface area contributed by atoms with Gasteiger partial charge in [-0.05, 0) is 32.6 Å². The second-order valence-corrected chi connectivity index (χ2v) is 7.12. The minimum absolute atomic E-state index is 0. The molecule has 1 aromatic heterocycles. The van der Waals surface area contributed by atoms with Gasteiger partial charge in [0.15, 0.2) is 5.96 Å². The maximum absolute atomic E-state index is 11.7. The van der Waals surface area contributed by atoms with Gasteiger partial charge < -0.3 is 25.3 Å². The van der Waals surface area contributed by atoms with Crippen LogP contribution in [-0.2, 0) is 24.1 Å². The van der Waals surface area contributed by atoms with Crippen molar-refractivity contribution in [3.05, 3.63) is 11.6 Å². The number of ether oxygens (including phenoxy) is 1. The summed E-state index contributed by atoms with van der Waals surface area (Å²) in [6, 6.07) is 0.240. The average molecular weight is 505 g/mol. The molecular formula is C18H32IN7O2. The molecule has 3 heterocycles. The molecule has 1 aromatic rings. The van der Waals surface area contributed by atoms with E-state index in [0.717, 1.165) is 43.9 Å². The molecule has 3 rings (SSSR count). The molecule has 0 unspecified atom stereocenters. The number of guanidine groups is 1. The Bertz CT molecular complexity index is 656. The highest BCUT2D eigenvalue weighted by Gasteiger charge is 2.23. The third-order valence-electron chi connectivity index (χ3n) is 5.18. The van der Waals surface area contributed by atoms with Gasteiger partial charge in [-0.15, -0.1) is 34.2 Å². The van der Waals surface area contributed by atoms with Crippen molar-refractivity contribution in [1.82, 2.24) is 25.0 Å². The van der Waals surface area contributed by atoms with E-state index in [-0.39, 0.29) is 36.1 Å². The number of aromatic nitrogens is 3. The number of carbonyl (C=O) groups excluding carboxylic acids is 1. The topological polar surface area (TPSA) is 111 Å². The molecule has 0 spiro atoms. The quantitative estimate of drug-likeness (QED) is 0.358. The highest BCUT2D eigenvalue weighted by Crippen LogP contribution is 2.15. The Morgan fingerprint density at radius 3 is 2.79 bits per heavy atom. The second kappa shape index (κ2) is 11.4. The summed E-state index contributed by atoms with van der Waals surface area (Å²) in [6.45, 7) is 5.18. The van der Waals surface area contributed by atoms with E-state index < -0.39 is 0 Å². The Hall–Kier alpha value is -1.59. The number of aryl methyl sites for hydroxylation is 1. The number of hydrogen-bond acceptors (Lipinski definition) is 5. The predicted molar refractivity (Wildman–Crippen MR) is 118 cm³/mol. The van der Waals surface area contributed by atoms with Crippen molar-refractivity contribution in [3.8, 4) is 0 Å². The summed E-state index contributed by atoms with van der Waals surface area (Å²) < 4.78 is 7.29. The number of carbonyl (C=O) groups is 1. The van der Waals surface area contributed by atoms with Gasteiger partial charge >= 0.3 is 6.09 Å². The van der Waals surface area contributed by atoms with Gasteiger partial charge in [0.25, 0.3) is 0 Å². The van der Waals surface area contributed by atoms with Crippen molar-refractivity contribution in [2.45, 2.75) is 64.5 Å². The lowest BCUT2D eigenvalue weighted by Gasteiger charge is -2.31. The smallest absolute Gasteiger partial charge is 0.409 e. The predicted octanol–water partition coefficient (Wildman–Crippen LogP) is 1.69. The number of piperidine rings is 1. The summed E-state index contributed by atoms with van der Waals surface area (Å²) in [5.41, 5.74) is 6.04. The molecule has 0 aliphatic carbocycles. The van der Waals surface area contributed by atoms with E-state index in [2.05, 4.69) is 25.1 Å². The first-order valence-electron chi connectivity index (χ1n) is 10.1. The fourth-order valence-corrected chi connectivity index (χ4v) is 3.68. The highest BCUT2D eigenvalue weighted by atomic mass is 127. The normalized spacial score (nSPS) is 18.0. The molecule has 1 amide bonds. The van der Waals surface area contributed by atoms with Crippen molar-refractivity contribution in [1.29, 1.82) is 0 Å². The number of aliphatic imine (C=N–C) groups is 1. The van der Waals surface area contributed by atoms with E-state index in [0.29, 0.717) is 32.2 Å². The Morgan fingerprint density at radius 1 is 1.25 bits per heavy atom.